The summed E-state index contributed by atoms with van der Waals surface area (Å²) >= 11 is 1.09. The van der Waals surface area contributed by atoms with Crippen molar-refractivity contribution < 1.29 is 18.7 Å². The maximum atomic E-state index is 14.7. The number of thiazole rings is 1. The molecule has 4 heterocycles. The number of rotatable bonds is 4. The average Bonchev–Trinajstić information content (AvgIpc) is 3.31. The van der Waals surface area contributed by atoms with Crippen LogP contribution in [0.5, 0.6) is 0 Å². The van der Waals surface area contributed by atoms with Crippen LogP contribution in [0.15, 0.2) is 18.5 Å². The number of piperidine rings is 1. The molecule has 0 atom stereocenters. The number of fused-ring (bicyclic) bond motifs is 1. The zero-order valence-corrected chi connectivity index (χ0v) is 20.8. The lowest BCUT2D eigenvalue weighted by Crippen LogP contribution is -2.43. The van der Waals surface area contributed by atoms with Gasteiger partial charge in [0.2, 0.25) is 0 Å². The van der Waals surface area contributed by atoms with Crippen molar-refractivity contribution in [3.63, 3.8) is 0 Å². The molecular formula is C23H29FN6O3S. The standard InChI is InChI=1S/C23H29FN6O3S/c1-13-11-30-12-14(10-16(24)18(30)25-13)20-27-17(19(31)26-15-6-8-29(5)9-7-15)21(34-20)28-22(32)33-23(2,3)4/h10-12,15H,6-9H2,1-5H3,(H,26,31)(H,28,32). The van der Waals surface area contributed by atoms with Gasteiger partial charge in [0, 0.05) is 24.0 Å². The van der Waals surface area contributed by atoms with Gasteiger partial charge in [0.15, 0.2) is 17.2 Å². The first-order valence-corrected chi connectivity index (χ1v) is 12.0. The Morgan fingerprint density at radius 2 is 1.91 bits per heavy atom. The highest BCUT2D eigenvalue weighted by molar-refractivity contribution is 7.19. The van der Waals surface area contributed by atoms with Crippen LogP contribution in [0, 0.1) is 12.7 Å². The number of nitrogens with zero attached hydrogens (tertiary/aromatic N) is 4. The number of hydrogen-bond donors (Lipinski definition) is 2. The van der Waals surface area contributed by atoms with Crippen molar-refractivity contribution in [1.29, 1.82) is 0 Å². The molecule has 1 aliphatic rings. The smallest absolute Gasteiger partial charge is 0.412 e. The number of carbonyl (C=O) groups excluding carboxylic acids is 2. The minimum atomic E-state index is -0.707. The lowest BCUT2D eigenvalue weighted by atomic mass is 10.1. The Bertz CT molecular complexity index is 1220. The summed E-state index contributed by atoms with van der Waals surface area (Å²) in [5.74, 6) is -0.886. The zero-order chi connectivity index (χ0) is 24.6. The van der Waals surface area contributed by atoms with Crippen LogP contribution in [-0.4, -0.2) is 63.0 Å². The van der Waals surface area contributed by atoms with Gasteiger partial charge in [0.25, 0.3) is 5.91 Å². The molecule has 0 radical (unpaired) electrons. The molecule has 11 heteroatoms. The quantitative estimate of drug-likeness (QED) is 0.574. The summed E-state index contributed by atoms with van der Waals surface area (Å²) in [6.07, 6.45) is 4.38. The SMILES string of the molecule is Cc1cn2cc(-c3nc(C(=O)NC4CCN(C)CC4)c(NC(=O)OC(C)(C)C)s3)cc(F)c2n1. The minimum absolute atomic E-state index is 0.0194. The van der Waals surface area contributed by atoms with Gasteiger partial charge in [-0.05, 0) is 66.7 Å². The molecule has 0 aromatic carbocycles. The number of halogens is 1. The first-order valence-electron chi connectivity index (χ1n) is 11.1. The van der Waals surface area contributed by atoms with Crippen molar-refractivity contribution in [2.75, 3.05) is 25.5 Å². The molecule has 1 aliphatic heterocycles. The lowest BCUT2D eigenvalue weighted by Gasteiger charge is -2.29. The molecule has 0 unspecified atom stereocenters. The van der Waals surface area contributed by atoms with E-state index in [1.165, 1.54) is 6.07 Å². The van der Waals surface area contributed by atoms with Crippen LogP contribution in [0.1, 0.15) is 49.8 Å². The number of amides is 2. The second kappa shape index (κ2) is 9.30. The molecule has 0 saturated carbocycles. The highest BCUT2D eigenvalue weighted by Crippen LogP contribution is 2.33. The van der Waals surface area contributed by atoms with Crippen LogP contribution >= 0.6 is 11.3 Å². The monoisotopic (exact) mass is 488 g/mol. The van der Waals surface area contributed by atoms with Gasteiger partial charge in [-0.15, -0.1) is 0 Å². The molecule has 0 bridgehead atoms. The Morgan fingerprint density at radius 1 is 1.21 bits per heavy atom. The van der Waals surface area contributed by atoms with E-state index >= 15 is 0 Å². The van der Waals surface area contributed by atoms with Gasteiger partial charge >= 0.3 is 6.09 Å². The van der Waals surface area contributed by atoms with E-state index in [-0.39, 0.29) is 28.3 Å². The minimum Gasteiger partial charge on any atom is -0.444 e. The molecule has 3 aromatic heterocycles. The number of imidazole rings is 1. The Balaban J connectivity index is 1.66. The van der Waals surface area contributed by atoms with Crippen LogP contribution in [0.25, 0.3) is 16.2 Å². The molecule has 0 spiro atoms. The third-order valence-electron chi connectivity index (χ3n) is 5.38. The van der Waals surface area contributed by atoms with Crippen molar-refractivity contribution in [3.8, 4) is 10.6 Å². The fraction of sp³-hybridized carbons (Fsp3) is 0.478. The summed E-state index contributed by atoms with van der Waals surface area (Å²) in [7, 11) is 2.05. The number of aryl methyl sites for hydroxylation is 1. The Hall–Kier alpha value is -3.05. The predicted octanol–water partition coefficient (Wildman–Crippen LogP) is 4.08. The van der Waals surface area contributed by atoms with E-state index < -0.39 is 17.5 Å². The van der Waals surface area contributed by atoms with Gasteiger partial charge < -0.3 is 19.4 Å². The average molecular weight is 489 g/mol. The number of anilines is 1. The third-order valence-corrected chi connectivity index (χ3v) is 6.40. The number of hydrogen-bond acceptors (Lipinski definition) is 7. The summed E-state index contributed by atoms with van der Waals surface area (Å²) in [5, 5.41) is 6.32. The van der Waals surface area contributed by atoms with Crippen molar-refractivity contribution in [2.24, 2.45) is 0 Å². The molecule has 0 aliphatic carbocycles. The fourth-order valence-corrected chi connectivity index (χ4v) is 4.71. The molecule has 1 fully saturated rings. The van der Waals surface area contributed by atoms with Crippen LogP contribution in [0.2, 0.25) is 0 Å². The Kier molecular flexibility index (Phi) is 6.59. The van der Waals surface area contributed by atoms with Crippen LogP contribution in [0.4, 0.5) is 14.2 Å². The topological polar surface area (TPSA) is 101 Å². The normalized spacial score (nSPS) is 15.5. The Labute approximate surface area is 201 Å². The van der Waals surface area contributed by atoms with Crippen molar-refractivity contribution in [1.82, 2.24) is 24.6 Å². The van der Waals surface area contributed by atoms with Gasteiger partial charge in [-0.25, -0.2) is 19.2 Å². The van der Waals surface area contributed by atoms with E-state index in [1.54, 1.807) is 44.5 Å². The molecule has 1 saturated heterocycles. The van der Waals surface area contributed by atoms with Gasteiger partial charge in [-0.1, -0.05) is 11.3 Å². The van der Waals surface area contributed by atoms with Gasteiger partial charge in [0.05, 0.1) is 5.69 Å². The highest BCUT2D eigenvalue weighted by atomic mass is 32.1. The molecule has 3 aromatic rings. The maximum absolute atomic E-state index is 14.7. The van der Waals surface area contributed by atoms with E-state index in [0.29, 0.717) is 16.3 Å². The summed E-state index contributed by atoms with van der Waals surface area (Å²) in [4.78, 5) is 36.5. The lowest BCUT2D eigenvalue weighted by molar-refractivity contribution is 0.0636. The van der Waals surface area contributed by atoms with Crippen molar-refractivity contribution in [3.05, 3.63) is 35.7 Å². The zero-order valence-electron chi connectivity index (χ0n) is 19.9. The summed E-state index contributed by atoms with van der Waals surface area (Å²) in [6, 6.07) is 1.35. The third kappa shape index (κ3) is 5.53. The summed E-state index contributed by atoms with van der Waals surface area (Å²) in [6.45, 7) is 8.82. The molecule has 2 N–H and O–H groups in total. The predicted molar refractivity (Wildman–Crippen MR) is 129 cm³/mol. The van der Waals surface area contributed by atoms with Gasteiger partial charge in [0.1, 0.15) is 15.6 Å². The fourth-order valence-electron chi connectivity index (χ4n) is 3.78. The van der Waals surface area contributed by atoms with Crippen LogP contribution in [0.3, 0.4) is 0 Å². The van der Waals surface area contributed by atoms with Crippen molar-refractivity contribution >= 4 is 34.0 Å². The van der Waals surface area contributed by atoms with E-state index in [1.807, 2.05) is 7.05 Å². The second-order valence-corrected chi connectivity index (χ2v) is 10.6. The Morgan fingerprint density at radius 3 is 2.59 bits per heavy atom. The first-order chi connectivity index (χ1) is 16.0. The number of carbonyl (C=O) groups is 2. The van der Waals surface area contributed by atoms with E-state index in [0.717, 1.165) is 37.3 Å². The van der Waals surface area contributed by atoms with Crippen LogP contribution in [-0.2, 0) is 4.74 Å². The molecule has 34 heavy (non-hydrogen) atoms. The number of aromatic nitrogens is 3. The van der Waals surface area contributed by atoms with E-state index in [4.69, 9.17) is 4.74 Å². The molecule has 182 valence electrons. The first kappa shape index (κ1) is 24.1. The van der Waals surface area contributed by atoms with Crippen molar-refractivity contribution in [2.45, 2.75) is 52.2 Å². The van der Waals surface area contributed by atoms with Gasteiger partial charge in [-0.2, -0.15) is 0 Å². The molecule has 4 rings (SSSR count). The van der Waals surface area contributed by atoms with Gasteiger partial charge in [-0.3, -0.25) is 10.1 Å². The second-order valence-electron chi connectivity index (χ2n) is 9.56. The summed E-state index contributed by atoms with van der Waals surface area (Å²) < 4.78 is 21.6. The summed E-state index contributed by atoms with van der Waals surface area (Å²) in [5.41, 5.74) is 0.734. The molecule has 2 amide bonds. The molecular weight excluding hydrogens is 459 g/mol. The number of nitrogens with one attached hydrogen (secondary N) is 2. The highest BCUT2D eigenvalue weighted by Gasteiger charge is 2.26. The number of pyridine rings is 1. The van der Waals surface area contributed by atoms with Crippen LogP contribution < -0.4 is 10.6 Å². The van der Waals surface area contributed by atoms with E-state index in [2.05, 4.69) is 25.5 Å². The van der Waals surface area contributed by atoms with E-state index in [9.17, 15) is 14.0 Å². The number of likely N-dealkylation sites (tertiary alicyclic amines) is 1. The molecule has 9 nitrogen and oxygen atoms in total. The maximum Gasteiger partial charge on any atom is 0.412 e. The number of ether oxygens (including phenoxy) is 1. The largest absolute Gasteiger partial charge is 0.444 e.